The van der Waals surface area contributed by atoms with Crippen LogP contribution in [0.25, 0.3) is 22.3 Å². The largest absolute Gasteiger partial charge is 0.383 e. The second kappa shape index (κ2) is 7.33. The van der Waals surface area contributed by atoms with E-state index < -0.39 is 11.5 Å². The van der Waals surface area contributed by atoms with E-state index in [1.807, 2.05) is 11.0 Å². The lowest BCUT2D eigenvalue weighted by atomic mass is 9.75. The molecule has 1 saturated heterocycles. The van der Waals surface area contributed by atoms with Gasteiger partial charge in [-0.2, -0.15) is 9.97 Å². The van der Waals surface area contributed by atoms with Crippen molar-refractivity contribution in [1.29, 1.82) is 0 Å². The third kappa shape index (κ3) is 3.60. The van der Waals surface area contributed by atoms with Crippen LogP contribution in [0.15, 0.2) is 36.4 Å². The van der Waals surface area contributed by atoms with Crippen molar-refractivity contribution in [3.63, 3.8) is 0 Å². The van der Waals surface area contributed by atoms with E-state index in [2.05, 4.69) is 20.3 Å². The van der Waals surface area contributed by atoms with Crippen LogP contribution in [-0.4, -0.2) is 59.1 Å². The monoisotopic (exact) mass is 440 g/mol. The third-order valence-corrected chi connectivity index (χ3v) is 5.92. The number of carbonyl (C=O) groups is 1. The Bertz CT molecular complexity index is 1210. The summed E-state index contributed by atoms with van der Waals surface area (Å²) < 4.78 is 32.6. The summed E-state index contributed by atoms with van der Waals surface area (Å²) in [4.78, 5) is 27.4. The van der Waals surface area contributed by atoms with Crippen LogP contribution in [0.1, 0.15) is 23.2 Å². The predicted octanol–water partition coefficient (Wildman–Crippen LogP) is 2.64. The number of hydrogen-bond acceptors (Lipinski definition) is 7. The SMILES string of the molecule is CNC(=O)c1cccc(-c2ccc3c(N)nc(N4CCOC5(C4)CC(F)(F)C5)nc3n2)c1. The number of nitrogens with two attached hydrogens (primary N) is 1. The molecular weight excluding hydrogens is 418 g/mol. The van der Waals surface area contributed by atoms with Crippen molar-refractivity contribution in [3.05, 3.63) is 42.0 Å². The van der Waals surface area contributed by atoms with Crippen LogP contribution in [0.2, 0.25) is 0 Å². The van der Waals surface area contributed by atoms with Crippen molar-refractivity contribution < 1.29 is 18.3 Å². The maximum Gasteiger partial charge on any atom is 0.253 e. The Kier molecular flexibility index (Phi) is 4.70. The Morgan fingerprint density at radius 1 is 1.19 bits per heavy atom. The number of hydrogen-bond donors (Lipinski definition) is 2. The number of halogens is 2. The number of rotatable bonds is 3. The average molecular weight is 440 g/mol. The number of morpholine rings is 1. The standard InChI is InChI=1S/C22H22F2N6O2/c1-26-19(31)14-4-2-3-13(9-14)16-6-5-15-17(25)28-20(29-18(15)27-16)30-7-8-32-21(12-30)10-22(23,24)11-21/h2-6,9H,7-8,10-12H2,1H3,(H,26,31)(H2,25,27,28,29). The highest BCUT2D eigenvalue weighted by atomic mass is 19.3. The molecule has 3 heterocycles. The molecule has 10 heteroatoms. The lowest BCUT2D eigenvalue weighted by Crippen LogP contribution is -2.63. The van der Waals surface area contributed by atoms with Crippen molar-refractivity contribution in [2.75, 3.05) is 37.4 Å². The van der Waals surface area contributed by atoms with Crippen LogP contribution in [0.3, 0.4) is 0 Å². The molecule has 3 aromatic rings. The smallest absolute Gasteiger partial charge is 0.253 e. The molecule has 5 rings (SSSR count). The van der Waals surface area contributed by atoms with E-state index in [4.69, 9.17) is 10.5 Å². The van der Waals surface area contributed by atoms with E-state index >= 15 is 0 Å². The second-order valence-electron chi connectivity index (χ2n) is 8.30. The Labute approximate surface area is 182 Å². The van der Waals surface area contributed by atoms with E-state index in [0.29, 0.717) is 41.4 Å². The number of nitrogens with zero attached hydrogens (tertiary/aromatic N) is 4. The number of amides is 1. The Morgan fingerprint density at radius 2 is 2.00 bits per heavy atom. The number of carbonyl (C=O) groups excluding carboxylic acids is 1. The lowest BCUT2D eigenvalue weighted by Gasteiger charge is -2.51. The van der Waals surface area contributed by atoms with Gasteiger partial charge in [0.05, 0.1) is 29.8 Å². The Balaban J connectivity index is 1.48. The molecule has 32 heavy (non-hydrogen) atoms. The Morgan fingerprint density at radius 3 is 2.75 bits per heavy atom. The third-order valence-electron chi connectivity index (χ3n) is 5.92. The number of benzene rings is 1. The first-order chi connectivity index (χ1) is 15.3. The van der Waals surface area contributed by atoms with Crippen LogP contribution >= 0.6 is 0 Å². The van der Waals surface area contributed by atoms with Crippen molar-refractivity contribution in [3.8, 4) is 11.3 Å². The summed E-state index contributed by atoms with van der Waals surface area (Å²) in [5.41, 5.74) is 7.60. The maximum absolute atomic E-state index is 13.5. The van der Waals surface area contributed by atoms with Crippen molar-refractivity contribution in [1.82, 2.24) is 20.3 Å². The molecule has 2 fully saturated rings. The van der Waals surface area contributed by atoms with E-state index in [9.17, 15) is 13.6 Å². The zero-order chi connectivity index (χ0) is 22.5. The molecule has 0 radical (unpaired) electrons. The van der Waals surface area contributed by atoms with Crippen LogP contribution in [0, 0.1) is 0 Å². The van der Waals surface area contributed by atoms with Gasteiger partial charge >= 0.3 is 0 Å². The number of aromatic nitrogens is 3. The quantitative estimate of drug-likeness (QED) is 0.645. The molecule has 2 aliphatic rings. The first-order valence-electron chi connectivity index (χ1n) is 10.3. The molecule has 1 aromatic carbocycles. The van der Waals surface area contributed by atoms with Crippen molar-refractivity contribution >= 4 is 28.7 Å². The summed E-state index contributed by atoms with van der Waals surface area (Å²) in [5.74, 6) is -2.27. The summed E-state index contributed by atoms with van der Waals surface area (Å²) in [6.07, 6.45) is -0.604. The summed E-state index contributed by atoms with van der Waals surface area (Å²) in [6, 6.07) is 10.7. The molecular formula is C22H22F2N6O2. The number of pyridine rings is 1. The summed E-state index contributed by atoms with van der Waals surface area (Å²) in [6.45, 7) is 1.07. The number of fused-ring (bicyclic) bond motifs is 1. The molecule has 1 amide bonds. The van der Waals surface area contributed by atoms with Crippen molar-refractivity contribution in [2.45, 2.75) is 24.4 Å². The first kappa shape index (κ1) is 20.5. The fraction of sp³-hybridized carbons (Fsp3) is 0.364. The molecule has 0 bridgehead atoms. The summed E-state index contributed by atoms with van der Waals surface area (Å²) in [5, 5.41) is 3.20. The minimum Gasteiger partial charge on any atom is -0.383 e. The highest BCUT2D eigenvalue weighted by molar-refractivity contribution is 5.95. The molecule has 1 saturated carbocycles. The number of nitrogens with one attached hydrogen (secondary N) is 1. The topological polar surface area (TPSA) is 106 Å². The second-order valence-corrected chi connectivity index (χ2v) is 8.30. The molecule has 2 aromatic heterocycles. The van der Waals surface area contributed by atoms with Crippen LogP contribution in [-0.2, 0) is 4.74 Å². The molecule has 8 nitrogen and oxygen atoms in total. The van der Waals surface area contributed by atoms with Gasteiger partial charge in [0.1, 0.15) is 5.82 Å². The highest BCUT2D eigenvalue weighted by Gasteiger charge is 2.59. The molecule has 3 N–H and O–H groups in total. The zero-order valence-corrected chi connectivity index (χ0v) is 17.4. The molecule has 1 aliphatic carbocycles. The highest BCUT2D eigenvalue weighted by Crippen LogP contribution is 2.49. The lowest BCUT2D eigenvalue weighted by molar-refractivity contribution is -0.230. The van der Waals surface area contributed by atoms with Crippen LogP contribution in [0.5, 0.6) is 0 Å². The molecule has 1 spiro atoms. The predicted molar refractivity (Wildman–Crippen MR) is 116 cm³/mol. The maximum atomic E-state index is 13.5. The van der Waals surface area contributed by atoms with E-state index in [0.717, 1.165) is 5.56 Å². The van der Waals surface area contributed by atoms with Crippen LogP contribution < -0.4 is 16.0 Å². The average Bonchev–Trinajstić information content (AvgIpc) is 2.77. The fourth-order valence-corrected chi connectivity index (χ4v) is 4.41. The van der Waals surface area contributed by atoms with Crippen LogP contribution in [0.4, 0.5) is 20.5 Å². The summed E-state index contributed by atoms with van der Waals surface area (Å²) >= 11 is 0. The van der Waals surface area contributed by atoms with Gasteiger partial charge in [-0.15, -0.1) is 0 Å². The van der Waals surface area contributed by atoms with E-state index in [1.54, 1.807) is 37.4 Å². The molecule has 0 unspecified atom stereocenters. The number of ether oxygens (including phenoxy) is 1. The molecule has 166 valence electrons. The Hall–Kier alpha value is -3.40. The van der Waals surface area contributed by atoms with Gasteiger partial charge in [0.2, 0.25) is 5.95 Å². The van der Waals surface area contributed by atoms with Crippen molar-refractivity contribution in [2.24, 2.45) is 0 Å². The zero-order valence-electron chi connectivity index (χ0n) is 17.4. The molecule has 1 aliphatic heterocycles. The van der Waals surface area contributed by atoms with Gasteiger partial charge in [0.25, 0.3) is 11.8 Å². The van der Waals surface area contributed by atoms with Gasteiger partial charge in [0, 0.05) is 37.6 Å². The first-order valence-corrected chi connectivity index (χ1v) is 10.3. The summed E-state index contributed by atoms with van der Waals surface area (Å²) in [7, 11) is 1.57. The van der Waals surface area contributed by atoms with E-state index in [-0.39, 0.29) is 31.1 Å². The van der Waals surface area contributed by atoms with Gasteiger partial charge in [-0.3, -0.25) is 4.79 Å². The number of nitrogen functional groups attached to an aromatic ring is 1. The van der Waals surface area contributed by atoms with Gasteiger partial charge < -0.3 is 20.7 Å². The van der Waals surface area contributed by atoms with Gasteiger partial charge in [-0.1, -0.05) is 12.1 Å². The van der Waals surface area contributed by atoms with Gasteiger partial charge in [-0.05, 0) is 24.3 Å². The fourth-order valence-electron chi connectivity index (χ4n) is 4.41. The minimum atomic E-state index is -2.69. The number of anilines is 2. The minimum absolute atomic E-state index is 0.190. The molecule has 0 atom stereocenters. The number of alkyl halides is 2. The van der Waals surface area contributed by atoms with Gasteiger partial charge in [-0.25, -0.2) is 13.8 Å². The van der Waals surface area contributed by atoms with Gasteiger partial charge in [0.15, 0.2) is 5.65 Å². The normalized spacial score (nSPS) is 19.0. The van der Waals surface area contributed by atoms with E-state index in [1.165, 1.54) is 0 Å².